The molecule has 3 aliphatic rings. The van der Waals surface area contributed by atoms with Crippen LogP contribution in [0.25, 0.3) is 33.3 Å². The minimum absolute atomic E-state index is 0.0202. The molecule has 4 aromatic rings. The number of aromatic nitrogens is 3. The Morgan fingerprint density at radius 2 is 1.98 bits per heavy atom. The summed E-state index contributed by atoms with van der Waals surface area (Å²) in [6.45, 7) is 2.79. The highest BCUT2D eigenvalue weighted by atomic mass is 19.1. The molecule has 41 heavy (non-hydrogen) atoms. The first kappa shape index (κ1) is 25.6. The largest absolute Gasteiger partial charge is 0.477 e. The van der Waals surface area contributed by atoms with E-state index in [0.717, 1.165) is 52.4 Å². The minimum Gasteiger partial charge on any atom is -0.477 e. The van der Waals surface area contributed by atoms with Crippen LogP contribution in [0, 0.1) is 5.82 Å². The van der Waals surface area contributed by atoms with Crippen LogP contribution in [0.5, 0.6) is 0 Å². The van der Waals surface area contributed by atoms with E-state index in [0.29, 0.717) is 30.8 Å². The van der Waals surface area contributed by atoms with Gasteiger partial charge in [0.05, 0.1) is 35.5 Å². The lowest BCUT2D eigenvalue weighted by atomic mass is 9.95. The first-order valence-electron chi connectivity index (χ1n) is 13.6. The van der Waals surface area contributed by atoms with Crippen molar-refractivity contribution in [3.63, 3.8) is 0 Å². The number of carboxylic acids is 1. The van der Waals surface area contributed by atoms with E-state index in [1.54, 1.807) is 43.2 Å². The van der Waals surface area contributed by atoms with E-state index >= 15 is 0 Å². The third-order valence-electron chi connectivity index (χ3n) is 8.55. The zero-order chi connectivity index (χ0) is 28.6. The number of halogens is 1. The maximum Gasteiger partial charge on any atom is 0.341 e. The summed E-state index contributed by atoms with van der Waals surface area (Å²) in [7, 11) is 5.52. The third kappa shape index (κ3) is 3.91. The van der Waals surface area contributed by atoms with E-state index in [9.17, 15) is 19.1 Å². The molecule has 2 N–H and O–H groups in total. The van der Waals surface area contributed by atoms with Crippen molar-refractivity contribution in [1.82, 2.24) is 19.4 Å². The van der Waals surface area contributed by atoms with E-state index in [1.807, 2.05) is 0 Å². The molecule has 5 heterocycles. The Labute approximate surface area is 235 Å². The molecule has 10 nitrogen and oxygen atoms in total. The molecule has 0 spiro atoms. The smallest absolute Gasteiger partial charge is 0.341 e. The maximum absolute atomic E-state index is 14.9. The molecule has 7 rings (SSSR count). The number of anilines is 2. The average Bonchev–Trinajstić information content (AvgIpc) is 3.53. The molecule has 0 radical (unpaired) electrons. The summed E-state index contributed by atoms with van der Waals surface area (Å²) in [5, 5.41) is 13.0. The lowest BCUT2D eigenvalue weighted by molar-refractivity contribution is 0.0319. The molecule has 210 valence electrons. The van der Waals surface area contributed by atoms with Crippen molar-refractivity contribution in [2.45, 2.75) is 18.6 Å². The number of carbonyl (C=O) groups is 1. The summed E-state index contributed by atoms with van der Waals surface area (Å²) in [4.78, 5) is 39.0. The van der Waals surface area contributed by atoms with Gasteiger partial charge in [0, 0.05) is 81.1 Å². The number of nitrogens with zero attached hydrogens (tertiary/aromatic N) is 5. The Morgan fingerprint density at radius 3 is 2.76 bits per heavy atom. The lowest BCUT2D eigenvalue weighted by Gasteiger charge is -2.40. The van der Waals surface area contributed by atoms with Gasteiger partial charge in [-0.05, 0) is 36.4 Å². The van der Waals surface area contributed by atoms with E-state index in [4.69, 9.17) is 9.72 Å². The lowest BCUT2D eigenvalue weighted by Crippen LogP contribution is -2.51. The van der Waals surface area contributed by atoms with Crippen LogP contribution in [-0.4, -0.2) is 83.0 Å². The number of aryl methyl sites for hydroxylation is 1. The number of pyridine rings is 3. The van der Waals surface area contributed by atoms with Crippen molar-refractivity contribution in [2.24, 2.45) is 7.05 Å². The predicted molar refractivity (Wildman–Crippen MR) is 153 cm³/mol. The Kier molecular flexibility index (Phi) is 5.84. The van der Waals surface area contributed by atoms with E-state index < -0.39 is 11.4 Å². The Balaban J connectivity index is 1.51. The molecule has 11 heteroatoms. The highest BCUT2D eigenvalue weighted by molar-refractivity contribution is 5.98. The second-order valence-electron chi connectivity index (χ2n) is 11.0. The van der Waals surface area contributed by atoms with Crippen LogP contribution >= 0.6 is 0 Å². The van der Waals surface area contributed by atoms with Gasteiger partial charge in [-0.3, -0.25) is 9.78 Å². The zero-order valence-electron chi connectivity index (χ0n) is 22.9. The van der Waals surface area contributed by atoms with Crippen LogP contribution in [0.2, 0.25) is 0 Å². The summed E-state index contributed by atoms with van der Waals surface area (Å²) in [5.41, 5.74) is 5.99. The number of aromatic carboxylic acids is 1. The number of carboxylic acid groups (broad SMARTS) is 1. The Bertz CT molecular complexity index is 1820. The van der Waals surface area contributed by atoms with Gasteiger partial charge in [-0.15, -0.1) is 0 Å². The van der Waals surface area contributed by atoms with Crippen LogP contribution in [0.3, 0.4) is 0 Å². The molecule has 0 saturated carbocycles. The quantitative estimate of drug-likeness (QED) is 0.345. The van der Waals surface area contributed by atoms with Gasteiger partial charge >= 0.3 is 5.97 Å². The molecule has 2 atom stereocenters. The summed E-state index contributed by atoms with van der Waals surface area (Å²) in [5.74, 6) is -1.63. The minimum atomic E-state index is -1.29. The number of nitrogens with one attached hydrogen (secondary N) is 1. The highest BCUT2D eigenvalue weighted by Crippen LogP contribution is 2.50. The number of ether oxygens (including phenoxy) is 1. The SMILES string of the molecule is CNc1cc(F)cc2c1Cc1ncc(-c3cnc4c(c3)c(=O)c(C(=O)O)cn4C)c(N3CCO[C@H]4CN(C)CC43)c1-2. The van der Waals surface area contributed by atoms with Crippen LogP contribution in [0.4, 0.5) is 15.8 Å². The second-order valence-corrected chi connectivity index (χ2v) is 11.0. The first-order chi connectivity index (χ1) is 19.7. The number of likely N-dealkylation sites (N-methyl/N-ethyl adjacent to an activating group) is 1. The number of likely N-dealkylation sites (tertiary alicyclic amines) is 1. The number of morpholine rings is 1. The fraction of sp³-hybridized carbons (Fsp3) is 0.333. The van der Waals surface area contributed by atoms with Crippen molar-refractivity contribution in [3.8, 4) is 22.3 Å². The molecular weight excluding hydrogens is 527 g/mol. The topological polar surface area (TPSA) is 113 Å². The van der Waals surface area contributed by atoms with Gasteiger partial charge in [-0.25, -0.2) is 14.2 Å². The molecule has 0 amide bonds. The van der Waals surface area contributed by atoms with E-state index in [1.165, 1.54) is 12.3 Å². The molecule has 1 aromatic carbocycles. The predicted octanol–water partition coefficient (Wildman–Crippen LogP) is 2.96. The fourth-order valence-corrected chi connectivity index (χ4v) is 6.72. The maximum atomic E-state index is 14.9. The molecule has 1 aliphatic carbocycles. The van der Waals surface area contributed by atoms with E-state index in [-0.39, 0.29) is 28.9 Å². The number of hydrogen-bond acceptors (Lipinski definition) is 8. The normalized spacial score (nSPS) is 19.8. The van der Waals surface area contributed by atoms with Crippen LogP contribution in [0.1, 0.15) is 21.6 Å². The number of hydrogen-bond donors (Lipinski definition) is 2. The van der Waals surface area contributed by atoms with Crippen molar-refractivity contribution >= 4 is 28.4 Å². The molecule has 2 saturated heterocycles. The number of rotatable bonds is 4. The molecule has 2 aliphatic heterocycles. The van der Waals surface area contributed by atoms with Gasteiger partial charge in [-0.2, -0.15) is 0 Å². The van der Waals surface area contributed by atoms with Gasteiger partial charge in [0.25, 0.3) is 0 Å². The van der Waals surface area contributed by atoms with Crippen LogP contribution in [-0.2, 0) is 18.2 Å². The Morgan fingerprint density at radius 1 is 1.15 bits per heavy atom. The summed E-state index contributed by atoms with van der Waals surface area (Å²) < 4.78 is 22.6. The summed E-state index contributed by atoms with van der Waals surface area (Å²) >= 11 is 0. The van der Waals surface area contributed by atoms with Crippen LogP contribution < -0.4 is 15.6 Å². The van der Waals surface area contributed by atoms with Gasteiger partial charge in [-0.1, -0.05) is 0 Å². The standard InChI is InChI=1S/C30H29FN6O4/c1-32-22-8-16(31)7-18-17(22)9-23-26(18)27(37-4-5-41-25-14-35(2)13-24(25)37)20(11-33-23)15-6-19-28(38)21(30(39)40)12-36(3)29(19)34-10-15/h6-8,10-12,24-25,32H,4-5,9,13-14H2,1-3H3,(H,39,40)/t24?,25-/m0/s1. The summed E-state index contributed by atoms with van der Waals surface area (Å²) in [6, 6.07) is 4.84. The van der Waals surface area contributed by atoms with Gasteiger partial charge in [0.1, 0.15) is 17.0 Å². The third-order valence-corrected chi connectivity index (χ3v) is 8.55. The Hall–Kier alpha value is -4.35. The molecule has 1 unspecified atom stereocenters. The van der Waals surface area contributed by atoms with Crippen molar-refractivity contribution < 1.29 is 19.0 Å². The average molecular weight is 557 g/mol. The molecule has 3 aromatic heterocycles. The molecular formula is C30H29FN6O4. The van der Waals surface area contributed by atoms with Gasteiger partial charge in [0.2, 0.25) is 5.43 Å². The van der Waals surface area contributed by atoms with Crippen molar-refractivity contribution in [3.05, 3.63) is 69.7 Å². The van der Waals surface area contributed by atoms with Gasteiger partial charge < -0.3 is 29.5 Å². The van der Waals surface area contributed by atoms with Crippen LogP contribution in [0.15, 0.2) is 41.6 Å². The molecule has 2 fully saturated rings. The van der Waals surface area contributed by atoms with Crippen molar-refractivity contribution in [1.29, 1.82) is 0 Å². The second kappa shape index (κ2) is 9.35. The van der Waals surface area contributed by atoms with Gasteiger partial charge in [0.15, 0.2) is 0 Å². The molecule has 0 bridgehead atoms. The zero-order valence-corrected chi connectivity index (χ0v) is 22.9. The highest BCUT2D eigenvalue weighted by Gasteiger charge is 2.42. The number of benzene rings is 1. The van der Waals surface area contributed by atoms with Crippen molar-refractivity contribution in [2.75, 3.05) is 50.6 Å². The summed E-state index contributed by atoms with van der Waals surface area (Å²) in [6.07, 6.45) is 5.36. The van der Waals surface area contributed by atoms with E-state index in [2.05, 4.69) is 27.1 Å². The monoisotopic (exact) mass is 556 g/mol. The first-order valence-corrected chi connectivity index (χ1v) is 13.6. The number of fused-ring (bicyclic) bond motifs is 5. The fourth-order valence-electron chi connectivity index (χ4n) is 6.72.